The monoisotopic (exact) mass is 237 g/mol. The molecule has 1 heterocycles. The first kappa shape index (κ1) is 13.7. The van der Waals surface area contributed by atoms with Crippen LogP contribution in [0.15, 0.2) is 12.4 Å². The van der Waals surface area contributed by atoms with Crippen LogP contribution in [0.5, 0.6) is 5.88 Å². The van der Waals surface area contributed by atoms with E-state index in [0.29, 0.717) is 18.5 Å². The second-order valence-electron chi connectivity index (χ2n) is 4.28. The van der Waals surface area contributed by atoms with Crippen molar-refractivity contribution in [2.45, 2.75) is 52.5 Å². The summed E-state index contributed by atoms with van der Waals surface area (Å²) in [6.45, 7) is 7.15. The minimum Gasteiger partial charge on any atom is -0.478 e. The lowest BCUT2D eigenvalue weighted by Crippen LogP contribution is -2.16. The number of hydrogen-bond acceptors (Lipinski definition) is 4. The van der Waals surface area contributed by atoms with Gasteiger partial charge in [-0.05, 0) is 19.8 Å². The van der Waals surface area contributed by atoms with Gasteiger partial charge in [-0.2, -0.15) is 0 Å². The van der Waals surface area contributed by atoms with Crippen molar-refractivity contribution in [2.24, 2.45) is 0 Å². The smallest absolute Gasteiger partial charge is 0.218 e. The highest BCUT2D eigenvalue weighted by Gasteiger charge is 2.04. The van der Waals surface area contributed by atoms with E-state index in [1.54, 1.807) is 6.33 Å². The van der Waals surface area contributed by atoms with Crippen LogP contribution >= 0.6 is 0 Å². The normalized spacial score (nSPS) is 12.2. The molecule has 0 amide bonds. The summed E-state index contributed by atoms with van der Waals surface area (Å²) in [6, 6.07) is 2.29. The topological polar surface area (TPSA) is 47.0 Å². The fourth-order valence-electron chi connectivity index (χ4n) is 1.54. The van der Waals surface area contributed by atoms with Crippen molar-refractivity contribution in [1.82, 2.24) is 9.97 Å². The Balaban J connectivity index is 2.47. The van der Waals surface area contributed by atoms with Gasteiger partial charge in [0, 0.05) is 12.1 Å². The first-order valence-electron chi connectivity index (χ1n) is 6.47. The van der Waals surface area contributed by atoms with E-state index >= 15 is 0 Å². The van der Waals surface area contributed by atoms with Crippen molar-refractivity contribution in [3.63, 3.8) is 0 Å². The van der Waals surface area contributed by atoms with E-state index < -0.39 is 0 Å². The Morgan fingerprint density at radius 1 is 1.29 bits per heavy atom. The molecule has 0 aliphatic rings. The molecule has 96 valence electrons. The standard InChI is InChI=1S/C13H23N3O/c1-4-6-7-11(3)16-12-9-13(15-10-14-12)17-8-5-2/h9-11H,4-8H2,1-3H3,(H,14,15,16). The molecule has 4 nitrogen and oxygen atoms in total. The summed E-state index contributed by atoms with van der Waals surface area (Å²) in [7, 11) is 0. The quantitative estimate of drug-likeness (QED) is 0.754. The van der Waals surface area contributed by atoms with Crippen molar-refractivity contribution in [1.29, 1.82) is 0 Å². The summed E-state index contributed by atoms with van der Waals surface area (Å²) in [6.07, 6.45) is 6.14. The maximum Gasteiger partial charge on any atom is 0.218 e. The number of rotatable bonds is 8. The fraction of sp³-hybridized carbons (Fsp3) is 0.692. The van der Waals surface area contributed by atoms with E-state index in [-0.39, 0.29) is 0 Å². The second-order valence-corrected chi connectivity index (χ2v) is 4.28. The molecule has 17 heavy (non-hydrogen) atoms. The van der Waals surface area contributed by atoms with Crippen LogP contribution in [0.3, 0.4) is 0 Å². The first-order chi connectivity index (χ1) is 8.26. The molecule has 0 fully saturated rings. The predicted octanol–water partition coefficient (Wildman–Crippen LogP) is 3.26. The Morgan fingerprint density at radius 3 is 2.82 bits per heavy atom. The number of anilines is 1. The number of nitrogens with zero attached hydrogens (tertiary/aromatic N) is 2. The highest BCUT2D eigenvalue weighted by Crippen LogP contribution is 2.13. The van der Waals surface area contributed by atoms with Crippen molar-refractivity contribution in [3.05, 3.63) is 12.4 Å². The van der Waals surface area contributed by atoms with Gasteiger partial charge in [0.2, 0.25) is 5.88 Å². The zero-order chi connectivity index (χ0) is 12.5. The van der Waals surface area contributed by atoms with E-state index in [1.807, 2.05) is 6.07 Å². The van der Waals surface area contributed by atoms with Gasteiger partial charge in [0.1, 0.15) is 12.1 Å². The van der Waals surface area contributed by atoms with Gasteiger partial charge in [-0.3, -0.25) is 0 Å². The molecule has 1 aromatic heterocycles. The van der Waals surface area contributed by atoms with Crippen LogP contribution in [-0.2, 0) is 0 Å². The second kappa shape index (κ2) is 7.87. The minimum absolute atomic E-state index is 0.434. The maximum atomic E-state index is 5.47. The van der Waals surface area contributed by atoms with Crippen LogP contribution in [0.4, 0.5) is 5.82 Å². The van der Waals surface area contributed by atoms with Crippen LogP contribution in [-0.4, -0.2) is 22.6 Å². The Bertz CT molecular complexity index is 317. The Morgan fingerprint density at radius 2 is 2.12 bits per heavy atom. The van der Waals surface area contributed by atoms with E-state index in [9.17, 15) is 0 Å². The molecule has 0 radical (unpaired) electrons. The van der Waals surface area contributed by atoms with E-state index in [1.165, 1.54) is 12.8 Å². The Hall–Kier alpha value is -1.32. The molecule has 0 bridgehead atoms. The third-order valence-corrected chi connectivity index (χ3v) is 2.48. The van der Waals surface area contributed by atoms with Crippen LogP contribution in [0.2, 0.25) is 0 Å². The summed E-state index contributed by atoms with van der Waals surface area (Å²) in [5.41, 5.74) is 0. The highest BCUT2D eigenvalue weighted by atomic mass is 16.5. The van der Waals surface area contributed by atoms with Crippen molar-refractivity contribution in [3.8, 4) is 5.88 Å². The maximum absolute atomic E-state index is 5.47. The van der Waals surface area contributed by atoms with Crippen molar-refractivity contribution in [2.75, 3.05) is 11.9 Å². The third kappa shape index (κ3) is 5.52. The van der Waals surface area contributed by atoms with Crippen molar-refractivity contribution < 1.29 is 4.74 Å². The molecule has 0 saturated heterocycles. The SMILES string of the molecule is CCCCC(C)Nc1cc(OCCC)ncn1. The zero-order valence-corrected chi connectivity index (χ0v) is 11.1. The summed E-state index contributed by atoms with van der Waals surface area (Å²) < 4.78 is 5.47. The number of unbranched alkanes of at least 4 members (excludes halogenated alkanes) is 1. The third-order valence-electron chi connectivity index (χ3n) is 2.48. The highest BCUT2D eigenvalue weighted by molar-refractivity contribution is 5.37. The molecule has 0 aliphatic carbocycles. The molecule has 1 atom stereocenters. The average molecular weight is 237 g/mol. The van der Waals surface area contributed by atoms with E-state index in [0.717, 1.165) is 18.7 Å². The lowest BCUT2D eigenvalue weighted by Gasteiger charge is -2.14. The predicted molar refractivity (Wildman–Crippen MR) is 70.4 cm³/mol. The van der Waals surface area contributed by atoms with Gasteiger partial charge < -0.3 is 10.1 Å². The van der Waals surface area contributed by atoms with Gasteiger partial charge in [0.05, 0.1) is 6.61 Å². The van der Waals surface area contributed by atoms with Crippen LogP contribution < -0.4 is 10.1 Å². The molecular formula is C13H23N3O. The fourth-order valence-corrected chi connectivity index (χ4v) is 1.54. The summed E-state index contributed by atoms with van der Waals surface area (Å²) in [4.78, 5) is 8.27. The van der Waals surface area contributed by atoms with Crippen molar-refractivity contribution >= 4 is 5.82 Å². The van der Waals surface area contributed by atoms with Gasteiger partial charge >= 0.3 is 0 Å². The van der Waals surface area contributed by atoms with Crippen LogP contribution in [0.1, 0.15) is 46.5 Å². The van der Waals surface area contributed by atoms with Gasteiger partial charge in [0.25, 0.3) is 0 Å². The van der Waals surface area contributed by atoms with Gasteiger partial charge in [0.15, 0.2) is 0 Å². The molecule has 0 spiro atoms. The molecular weight excluding hydrogens is 214 g/mol. The molecule has 0 saturated carbocycles. The Kier molecular flexibility index (Phi) is 6.37. The summed E-state index contributed by atoms with van der Waals surface area (Å²) >= 11 is 0. The number of nitrogens with one attached hydrogen (secondary N) is 1. The number of aromatic nitrogens is 2. The molecule has 1 N–H and O–H groups in total. The molecule has 0 aliphatic heterocycles. The number of hydrogen-bond donors (Lipinski definition) is 1. The Labute approximate surface area is 104 Å². The van der Waals surface area contributed by atoms with Gasteiger partial charge in [-0.15, -0.1) is 0 Å². The summed E-state index contributed by atoms with van der Waals surface area (Å²) in [5.74, 6) is 1.49. The molecule has 4 heteroatoms. The molecule has 1 unspecified atom stereocenters. The molecule has 1 aromatic rings. The molecule has 1 rings (SSSR count). The van der Waals surface area contributed by atoms with E-state index in [4.69, 9.17) is 4.74 Å². The molecule has 0 aromatic carbocycles. The van der Waals surface area contributed by atoms with Gasteiger partial charge in [-0.25, -0.2) is 9.97 Å². The lowest BCUT2D eigenvalue weighted by molar-refractivity contribution is 0.305. The van der Waals surface area contributed by atoms with Crippen LogP contribution in [0, 0.1) is 0 Å². The van der Waals surface area contributed by atoms with Crippen LogP contribution in [0.25, 0.3) is 0 Å². The lowest BCUT2D eigenvalue weighted by atomic mass is 10.1. The van der Waals surface area contributed by atoms with Gasteiger partial charge in [-0.1, -0.05) is 26.7 Å². The first-order valence-corrected chi connectivity index (χ1v) is 6.47. The average Bonchev–Trinajstić information content (AvgIpc) is 2.34. The zero-order valence-electron chi connectivity index (χ0n) is 11.1. The summed E-state index contributed by atoms with van der Waals surface area (Å²) in [5, 5.41) is 3.36. The largest absolute Gasteiger partial charge is 0.478 e. The minimum atomic E-state index is 0.434. The van der Waals surface area contributed by atoms with E-state index in [2.05, 4.69) is 36.1 Å². The number of ether oxygens (including phenoxy) is 1.